The van der Waals surface area contributed by atoms with E-state index in [0.29, 0.717) is 22.6 Å². The number of rotatable bonds is 7. The molecule has 0 unspecified atom stereocenters. The molecular formula is C27H20F3N7O2. The molecular weight excluding hydrogens is 511 g/mol. The largest absolute Gasteiger partial charge is 0.420 e. The van der Waals surface area contributed by atoms with Gasteiger partial charge in [-0.3, -0.25) is 9.59 Å². The number of alkyl halides is 3. The highest BCUT2D eigenvalue weighted by Crippen LogP contribution is 2.44. The molecule has 4 aromatic rings. The molecule has 1 fully saturated rings. The molecule has 0 atom stereocenters. The van der Waals surface area contributed by atoms with Gasteiger partial charge in [0.05, 0.1) is 35.0 Å². The van der Waals surface area contributed by atoms with Crippen LogP contribution in [0.25, 0.3) is 16.5 Å². The summed E-state index contributed by atoms with van der Waals surface area (Å²) in [5, 5.41) is 20.8. The minimum absolute atomic E-state index is 0.0621. The third-order valence-electron chi connectivity index (χ3n) is 6.62. The van der Waals surface area contributed by atoms with Crippen LogP contribution >= 0.6 is 0 Å². The summed E-state index contributed by atoms with van der Waals surface area (Å²) in [5.41, 5.74) is 1.67. The zero-order valence-electron chi connectivity index (χ0n) is 20.1. The maximum Gasteiger partial charge on any atom is 0.420 e. The van der Waals surface area contributed by atoms with Crippen LogP contribution in [0.15, 0.2) is 61.1 Å². The van der Waals surface area contributed by atoms with Crippen molar-refractivity contribution >= 4 is 46.0 Å². The number of nitrogens with one attached hydrogen (secondary N) is 4. The Morgan fingerprint density at radius 3 is 2.74 bits per heavy atom. The summed E-state index contributed by atoms with van der Waals surface area (Å²) in [5.74, 6) is -1.18. The summed E-state index contributed by atoms with van der Waals surface area (Å²) in [4.78, 5) is 29.5. The third kappa shape index (κ3) is 4.29. The van der Waals surface area contributed by atoms with Gasteiger partial charge in [0.15, 0.2) is 0 Å². The Bertz CT molecular complexity index is 1700. The molecule has 2 amide bonds. The number of carbonyl (C=O) groups excluding carboxylic acids is 2. The number of nitrogens with zero attached hydrogens (tertiary/aromatic N) is 3. The van der Waals surface area contributed by atoms with E-state index >= 15 is 0 Å². The Hall–Kier alpha value is -5.00. The zero-order chi connectivity index (χ0) is 27.3. The number of amides is 2. The van der Waals surface area contributed by atoms with Crippen molar-refractivity contribution in [3.05, 3.63) is 83.5 Å². The fourth-order valence-electron chi connectivity index (χ4n) is 4.77. The first-order chi connectivity index (χ1) is 18.8. The maximum atomic E-state index is 13.7. The van der Waals surface area contributed by atoms with Crippen molar-refractivity contribution in [2.24, 2.45) is 0 Å². The van der Waals surface area contributed by atoms with Crippen LogP contribution in [-0.4, -0.2) is 32.8 Å². The van der Waals surface area contributed by atoms with E-state index in [9.17, 15) is 22.8 Å². The van der Waals surface area contributed by atoms with Crippen LogP contribution in [0.5, 0.6) is 0 Å². The predicted molar refractivity (Wildman–Crippen MR) is 140 cm³/mol. The summed E-state index contributed by atoms with van der Waals surface area (Å²) >= 11 is 0. The van der Waals surface area contributed by atoms with Crippen molar-refractivity contribution in [2.45, 2.75) is 24.9 Å². The van der Waals surface area contributed by atoms with Gasteiger partial charge in [-0.15, -0.1) is 0 Å². The smallest absolute Gasteiger partial charge is 0.346 e. The maximum absolute atomic E-state index is 13.7. The van der Waals surface area contributed by atoms with E-state index in [1.54, 1.807) is 22.9 Å². The van der Waals surface area contributed by atoms with E-state index in [1.807, 2.05) is 12.1 Å². The molecule has 2 aliphatic rings. The van der Waals surface area contributed by atoms with E-state index < -0.39 is 23.5 Å². The lowest BCUT2D eigenvalue weighted by Crippen LogP contribution is -2.16. The molecule has 2 aromatic carbocycles. The minimum Gasteiger partial charge on any atom is -0.346 e. The Morgan fingerprint density at radius 2 is 2.00 bits per heavy atom. The predicted octanol–water partition coefficient (Wildman–Crippen LogP) is 5.71. The average molecular weight is 531 g/mol. The first kappa shape index (κ1) is 24.3. The monoisotopic (exact) mass is 531 g/mol. The highest BCUT2D eigenvalue weighted by atomic mass is 19.4. The number of pyridine rings is 1. The van der Waals surface area contributed by atoms with Crippen LogP contribution in [0.3, 0.4) is 0 Å². The zero-order valence-corrected chi connectivity index (χ0v) is 20.1. The normalized spacial score (nSPS) is 14.6. The quantitative estimate of drug-likeness (QED) is 0.227. The molecule has 2 aromatic heterocycles. The third-order valence-corrected chi connectivity index (χ3v) is 6.62. The van der Waals surface area contributed by atoms with Crippen molar-refractivity contribution in [3.63, 3.8) is 0 Å². The number of aromatic nitrogens is 3. The summed E-state index contributed by atoms with van der Waals surface area (Å²) in [7, 11) is 0. The molecule has 0 radical (unpaired) electrons. The Labute approximate surface area is 219 Å². The minimum atomic E-state index is -4.73. The molecule has 6 rings (SSSR count). The van der Waals surface area contributed by atoms with Gasteiger partial charge in [-0.1, -0.05) is 12.1 Å². The van der Waals surface area contributed by atoms with Gasteiger partial charge >= 0.3 is 6.18 Å². The van der Waals surface area contributed by atoms with Gasteiger partial charge in [0.1, 0.15) is 11.4 Å². The highest BCUT2D eigenvalue weighted by molar-refractivity contribution is 6.25. The van der Waals surface area contributed by atoms with Crippen LogP contribution in [-0.2, 0) is 6.18 Å². The number of benzene rings is 2. The van der Waals surface area contributed by atoms with Crippen LogP contribution in [0.4, 0.5) is 30.4 Å². The summed E-state index contributed by atoms with van der Waals surface area (Å²) in [6.45, 7) is 0. The van der Waals surface area contributed by atoms with Gasteiger partial charge in [-0.05, 0) is 43.2 Å². The summed E-state index contributed by atoms with van der Waals surface area (Å²) in [6, 6.07) is 9.84. The standard InChI is InChI=1S/C27H20F3N7O2/c28-27(29,30)19-11-15(12-33-24(19)32-10-2-9-31)35-26(39)18-13-34-37(23(18)14-5-6-14)21-8-7-20-22-16(21)3-1-4-17(22)25(38)36-20/h1-4,7-14,31H,5-6H2,(H,32,33)(H,35,39)(H,36,38)/b10-2-,31-9?. The fraction of sp³-hybridized carbons (Fsp3) is 0.148. The summed E-state index contributed by atoms with van der Waals surface area (Å²) < 4.78 is 42.7. The molecule has 4 N–H and O–H groups in total. The van der Waals surface area contributed by atoms with Gasteiger partial charge < -0.3 is 21.4 Å². The van der Waals surface area contributed by atoms with Gasteiger partial charge in [-0.2, -0.15) is 18.3 Å². The second kappa shape index (κ2) is 9.08. The molecule has 9 nitrogen and oxygen atoms in total. The van der Waals surface area contributed by atoms with E-state index in [2.05, 4.69) is 26.0 Å². The Morgan fingerprint density at radius 1 is 1.18 bits per heavy atom. The molecule has 1 saturated carbocycles. The van der Waals surface area contributed by atoms with Crippen molar-refractivity contribution in [2.75, 3.05) is 16.0 Å². The summed E-state index contributed by atoms with van der Waals surface area (Å²) in [6.07, 6.45) is 2.77. The van der Waals surface area contributed by atoms with Gasteiger partial charge in [0, 0.05) is 40.4 Å². The lowest BCUT2D eigenvalue weighted by atomic mass is 10.0. The number of halogens is 3. The second-order valence-electron chi connectivity index (χ2n) is 9.19. The number of anilines is 3. The molecule has 12 heteroatoms. The van der Waals surface area contributed by atoms with Gasteiger partial charge in [0.2, 0.25) is 0 Å². The Balaban J connectivity index is 1.36. The van der Waals surface area contributed by atoms with E-state index in [4.69, 9.17) is 5.41 Å². The molecule has 39 heavy (non-hydrogen) atoms. The average Bonchev–Trinajstić information content (AvgIpc) is 3.57. The van der Waals surface area contributed by atoms with Crippen molar-refractivity contribution in [1.82, 2.24) is 14.8 Å². The van der Waals surface area contributed by atoms with Crippen molar-refractivity contribution in [3.8, 4) is 5.69 Å². The second-order valence-corrected chi connectivity index (χ2v) is 9.19. The first-order valence-corrected chi connectivity index (χ1v) is 12.0. The van der Waals surface area contributed by atoms with Crippen LogP contribution in [0.2, 0.25) is 0 Å². The molecule has 1 aliphatic heterocycles. The molecule has 0 spiro atoms. The van der Waals surface area contributed by atoms with Crippen molar-refractivity contribution in [1.29, 1.82) is 5.41 Å². The molecule has 1 aliphatic carbocycles. The molecule has 196 valence electrons. The van der Waals surface area contributed by atoms with Crippen molar-refractivity contribution < 1.29 is 22.8 Å². The lowest BCUT2D eigenvalue weighted by molar-refractivity contribution is -0.137. The van der Waals surface area contributed by atoms with Crippen LogP contribution in [0.1, 0.15) is 50.7 Å². The number of allylic oxidation sites excluding steroid dienone is 1. The Kier molecular flexibility index (Phi) is 5.67. The molecule has 0 bridgehead atoms. The van der Waals surface area contributed by atoms with E-state index in [-0.39, 0.29) is 23.1 Å². The lowest BCUT2D eigenvalue weighted by Gasteiger charge is -2.14. The van der Waals surface area contributed by atoms with Gasteiger partial charge in [0.25, 0.3) is 11.8 Å². The number of hydrogen-bond donors (Lipinski definition) is 4. The van der Waals surface area contributed by atoms with Crippen LogP contribution in [0, 0.1) is 5.41 Å². The fourth-order valence-corrected chi connectivity index (χ4v) is 4.77. The van der Waals surface area contributed by atoms with E-state index in [1.165, 1.54) is 12.3 Å². The first-order valence-electron chi connectivity index (χ1n) is 12.0. The van der Waals surface area contributed by atoms with E-state index in [0.717, 1.165) is 48.3 Å². The number of hydrogen-bond acceptors (Lipinski definition) is 6. The SMILES string of the molecule is N=C/C=C\Nc1ncc(NC(=O)c2cnn(-c3ccc4c5c(cccc35)C(=O)N4)c2C2CC2)cc1C(F)(F)F. The highest BCUT2D eigenvalue weighted by Gasteiger charge is 2.36. The number of carbonyl (C=O) groups is 2. The molecule has 3 heterocycles. The molecule has 0 saturated heterocycles. The topological polar surface area (TPSA) is 125 Å². The van der Waals surface area contributed by atoms with Crippen LogP contribution < -0.4 is 16.0 Å². The van der Waals surface area contributed by atoms with Gasteiger partial charge in [-0.25, -0.2) is 9.67 Å².